The van der Waals surface area contributed by atoms with E-state index in [1.165, 1.54) is 6.07 Å². The molecule has 1 heterocycles. The molecule has 2 aromatic rings. The van der Waals surface area contributed by atoms with Gasteiger partial charge >= 0.3 is 0 Å². The van der Waals surface area contributed by atoms with Gasteiger partial charge in [0, 0.05) is 4.90 Å². The average Bonchev–Trinajstić information content (AvgIpc) is 2.60. The van der Waals surface area contributed by atoms with Crippen molar-refractivity contribution in [1.29, 1.82) is 10.5 Å². The van der Waals surface area contributed by atoms with Gasteiger partial charge in [-0.1, -0.05) is 23.9 Å². The normalized spacial score (nSPS) is 9.79. The van der Waals surface area contributed by atoms with Crippen LogP contribution in [0.4, 0.5) is 11.5 Å². The highest BCUT2D eigenvalue weighted by Gasteiger charge is 2.16. The number of nitriles is 2. The number of anilines is 2. The largest absolute Gasteiger partial charge is 0.324 e. The van der Waals surface area contributed by atoms with Crippen molar-refractivity contribution in [2.24, 2.45) is 0 Å². The number of nitrogens with one attached hydrogen (secondary N) is 2. The van der Waals surface area contributed by atoms with Gasteiger partial charge in [0.25, 0.3) is 5.82 Å². The zero-order chi connectivity index (χ0) is 17.5. The van der Waals surface area contributed by atoms with Crippen LogP contribution in [0.15, 0.2) is 40.3 Å². The van der Waals surface area contributed by atoms with Crippen LogP contribution in [0.2, 0.25) is 0 Å². The van der Waals surface area contributed by atoms with Crippen LogP contribution in [0, 0.1) is 22.7 Å². The standard InChI is InChI=1S/C16H13N5OS2/c1-23-13-5-3-2-4-12(13)20-14(22)9-24-16-11(8-18)6-10(7-17)15(19)21-16/h2-6H,9H2,1H3,(H2,19,21)(H,20,22)/p+1. The molecule has 6 nitrogen and oxygen atoms in total. The maximum atomic E-state index is 12.1. The maximum absolute atomic E-state index is 12.1. The number of para-hydroxylation sites is 1. The lowest BCUT2D eigenvalue weighted by Gasteiger charge is -2.08. The molecule has 0 bridgehead atoms. The molecule has 24 heavy (non-hydrogen) atoms. The Morgan fingerprint density at radius 3 is 2.67 bits per heavy atom. The minimum atomic E-state index is -0.193. The van der Waals surface area contributed by atoms with E-state index in [2.05, 4.69) is 10.3 Å². The molecule has 0 aliphatic heterocycles. The van der Waals surface area contributed by atoms with Crippen LogP contribution in [-0.4, -0.2) is 17.9 Å². The molecule has 0 radical (unpaired) electrons. The van der Waals surface area contributed by atoms with E-state index in [1.807, 2.05) is 42.7 Å². The number of hydrogen-bond acceptors (Lipinski definition) is 6. The number of nitrogens with two attached hydrogens (primary N) is 1. The molecule has 120 valence electrons. The molecule has 0 saturated heterocycles. The predicted octanol–water partition coefficient (Wildman–Crippen LogP) is 2.28. The van der Waals surface area contributed by atoms with Crippen molar-refractivity contribution in [3.8, 4) is 12.1 Å². The first kappa shape index (κ1) is 17.7. The zero-order valence-corrected chi connectivity index (χ0v) is 14.4. The highest BCUT2D eigenvalue weighted by Crippen LogP contribution is 2.25. The predicted molar refractivity (Wildman–Crippen MR) is 94.4 cm³/mol. The molecule has 0 saturated carbocycles. The lowest BCUT2D eigenvalue weighted by atomic mass is 10.2. The highest BCUT2D eigenvalue weighted by molar-refractivity contribution is 7.99. The molecule has 2 rings (SSSR count). The number of aromatic amines is 1. The second-order valence-corrected chi connectivity index (χ2v) is 6.43. The summed E-state index contributed by atoms with van der Waals surface area (Å²) in [6, 6.07) is 12.8. The molecular formula is C16H14N5OS2+. The topological polar surface area (TPSA) is 117 Å². The number of pyridine rings is 1. The van der Waals surface area contributed by atoms with Crippen LogP contribution in [-0.2, 0) is 4.79 Å². The molecule has 1 aromatic heterocycles. The highest BCUT2D eigenvalue weighted by atomic mass is 32.2. The minimum Gasteiger partial charge on any atom is -0.324 e. The SMILES string of the molecule is CSc1ccccc1NC(=O)CSc1[nH+]c(N)c(C#N)cc1C#N. The van der Waals surface area contributed by atoms with Crippen LogP contribution in [0.3, 0.4) is 0 Å². The molecular weight excluding hydrogens is 342 g/mol. The van der Waals surface area contributed by atoms with Gasteiger partial charge in [0.1, 0.15) is 23.3 Å². The van der Waals surface area contributed by atoms with Crippen molar-refractivity contribution in [2.75, 3.05) is 23.1 Å². The summed E-state index contributed by atoms with van der Waals surface area (Å²) in [6.45, 7) is 0. The summed E-state index contributed by atoms with van der Waals surface area (Å²) in [7, 11) is 0. The number of amides is 1. The smallest absolute Gasteiger partial charge is 0.289 e. The van der Waals surface area contributed by atoms with E-state index in [0.717, 1.165) is 22.3 Å². The fourth-order valence-corrected chi connectivity index (χ4v) is 3.25. The number of rotatable bonds is 5. The zero-order valence-electron chi connectivity index (χ0n) is 12.8. The second kappa shape index (κ2) is 8.25. The van der Waals surface area contributed by atoms with E-state index in [-0.39, 0.29) is 28.6 Å². The van der Waals surface area contributed by atoms with Gasteiger partial charge in [0.2, 0.25) is 5.91 Å². The number of carbonyl (C=O) groups excluding carboxylic acids is 1. The molecule has 1 aromatic carbocycles. The van der Waals surface area contributed by atoms with E-state index in [9.17, 15) is 4.79 Å². The molecule has 8 heteroatoms. The summed E-state index contributed by atoms with van der Waals surface area (Å²) in [5, 5.41) is 21.4. The first-order valence-corrected chi connectivity index (χ1v) is 9.01. The first-order chi connectivity index (χ1) is 11.6. The first-order valence-electron chi connectivity index (χ1n) is 6.80. The van der Waals surface area contributed by atoms with Gasteiger partial charge in [0.15, 0.2) is 5.03 Å². The van der Waals surface area contributed by atoms with Gasteiger partial charge in [-0.2, -0.15) is 10.5 Å². The lowest BCUT2D eigenvalue weighted by molar-refractivity contribution is -0.410. The van der Waals surface area contributed by atoms with Gasteiger partial charge in [-0.15, -0.1) is 11.8 Å². The number of nitrogens with zero attached hydrogens (tertiary/aromatic N) is 2. The fourth-order valence-electron chi connectivity index (χ4n) is 1.91. The summed E-state index contributed by atoms with van der Waals surface area (Å²) in [5.74, 6) is 0.0908. The lowest BCUT2D eigenvalue weighted by Crippen LogP contribution is -2.19. The Morgan fingerprint density at radius 2 is 2.00 bits per heavy atom. The Bertz CT molecular complexity index is 855. The number of aromatic nitrogens is 1. The molecule has 0 fully saturated rings. The number of carbonyl (C=O) groups is 1. The second-order valence-electron chi connectivity index (χ2n) is 4.60. The Hall–Kier alpha value is -2.68. The van der Waals surface area contributed by atoms with Crippen molar-refractivity contribution in [1.82, 2.24) is 0 Å². The molecule has 0 atom stereocenters. The van der Waals surface area contributed by atoms with Crippen LogP contribution in [0.25, 0.3) is 0 Å². The Balaban J connectivity index is 2.08. The summed E-state index contributed by atoms with van der Waals surface area (Å²) in [6.07, 6.45) is 1.94. The Labute approximate surface area is 148 Å². The number of benzene rings is 1. The summed E-state index contributed by atoms with van der Waals surface area (Å²) in [5.41, 5.74) is 6.95. The molecule has 1 amide bonds. The van der Waals surface area contributed by atoms with Crippen LogP contribution >= 0.6 is 23.5 Å². The Kier molecular flexibility index (Phi) is 6.07. The number of thioether (sulfide) groups is 2. The monoisotopic (exact) mass is 356 g/mol. The number of H-pyrrole nitrogens is 1. The van der Waals surface area contributed by atoms with E-state index < -0.39 is 0 Å². The Morgan fingerprint density at radius 1 is 1.29 bits per heavy atom. The van der Waals surface area contributed by atoms with E-state index >= 15 is 0 Å². The van der Waals surface area contributed by atoms with Crippen molar-refractivity contribution < 1.29 is 9.78 Å². The van der Waals surface area contributed by atoms with Gasteiger partial charge < -0.3 is 5.32 Å². The van der Waals surface area contributed by atoms with E-state index in [1.54, 1.807) is 11.8 Å². The van der Waals surface area contributed by atoms with Crippen molar-refractivity contribution >= 4 is 40.9 Å². The molecule has 0 unspecified atom stereocenters. The minimum absolute atomic E-state index is 0.110. The van der Waals surface area contributed by atoms with Crippen LogP contribution in [0.5, 0.6) is 0 Å². The van der Waals surface area contributed by atoms with Crippen molar-refractivity contribution in [2.45, 2.75) is 9.92 Å². The summed E-state index contributed by atoms with van der Waals surface area (Å²) in [4.78, 5) is 15.9. The maximum Gasteiger partial charge on any atom is 0.289 e. The number of nitrogen functional groups attached to an aromatic ring is 1. The summed E-state index contributed by atoms with van der Waals surface area (Å²) >= 11 is 2.71. The van der Waals surface area contributed by atoms with Gasteiger partial charge in [0.05, 0.1) is 11.4 Å². The van der Waals surface area contributed by atoms with Crippen molar-refractivity contribution in [3.63, 3.8) is 0 Å². The molecule has 0 spiro atoms. The van der Waals surface area contributed by atoms with Gasteiger partial charge in [-0.25, -0.2) is 4.98 Å². The average molecular weight is 356 g/mol. The third kappa shape index (κ3) is 4.19. The molecule has 4 N–H and O–H groups in total. The van der Waals surface area contributed by atoms with E-state index in [4.69, 9.17) is 16.3 Å². The third-order valence-electron chi connectivity index (χ3n) is 3.04. The molecule has 0 aliphatic rings. The number of hydrogen-bond donors (Lipinski definition) is 2. The van der Waals surface area contributed by atoms with Gasteiger partial charge in [-0.3, -0.25) is 10.5 Å². The molecule has 0 aliphatic carbocycles. The fraction of sp³-hybridized carbons (Fsp3) is 0.125. The quantitative estimate of drug-likeness (QED) is 0.794. The third-order valence-corrected chi connectivity index (χ3v) is 4.85. The van der Waals surface area contributed by atoms with E-state index in [0.29, 0.717) is 5.03 Å². The summed E-state index contributed by atoms with van der Waals surface area (Å²) < 4.78 is 0. The van der Waals surface area contributed by atoms with Crippen LogP contribution in [0.1, 0.15) is 11.1 Å². The van der Waals surface area contributed by atoms with Crippen LogP contribution < -0.4 is 16.0 Å². The van der Waals surface area contributed by atoms with Crippen molar-refractivity contribution in [3.05, 3.63) is 41.5 Å². The van der Waals surface area contributed by atoms with Gasteiger partial charge in [-0.05, 0) is 24.5 Å².